The van der Waals surface area contributed by atoms with Crippen LogP contribution in [0.3, 0.4) is 0 Å². The van der Waals surface area contributed by atoms with Gasteiger partial charge in [-0.05, 0) is 31.6 Å². The molecule has 1 atom stereocenters. The molecule has 118 valence electrons. The standard InChI is InChI=1S/C14H23N3O4/c1-2-9-3-5-14(6-4-9,12(19)20)17-13(21)16-10-7-11(18)15-8-10/h9-10H,2-8H2,1H3,(H,15,18)(H,19,20)(H2,16,17,21). The molecule has 0 radical (unpaired) electrons. The number of carbonyl (C=O) groups excluding carboxylic acids is 2. The Morgan fingerprint density at radius 1 is 1.38 bits per heavy atom. The van der Waals surface area contributed by atoms with Gasteiger partial charge in [0.15, 0.2) is 0 Å². The maximum atomic E-state index is 12.0. The monoisotopic (exact) mass is 297 g/mol. The summed E-state index contributed by atoms with van der Waals surface area (Å²) < 4.78 is 0. The summed E-state index contributed by atoms with van der Waals surface area (Å²) in [4.78, 5) is 34.7. The predicted molar refractivity (Wildman–Crippen MR) is 75.7 cm³/mol. The van der Waals surface area contributed by atoms with E-state index in [1.54, 1.807) is 0 Å². The molecule has 0 bridgehead atoms. The van der Waals surface area contributed by atoms with E-state index in [9.17, 15) is 19.5 Å². The Hall–Kier alpha value is -1.79. The van der Waals surface area contributed by atoms with Gasteiger partial charge in [-0.2, -0.15) is 0 Å². The number of carbonyl (C=O) groups is 3. The van der Waals surface area contributed by atoms with Crippen molar-refractivity contribution >= 4 is 17.9 Å². The molecule has 7 heteroatoms. The molecule has 1 unspecified atom stereocenters. The SMILES string of the molecule is CCC1CCC(NC(=O)NC2CNC(=O)C2)(C(=O)O)CC1. The molecular weight excluding hydrogens is 274 g/mol. The van der Waals surface area contributed by atoms with Gasteiger partial charge in [0.2, 0.25) is 5.91 Å². The van der Waals surface area contributed by atoms with Crippen LogP contribution in [0.25, 0.3) is 0 Å². The number of carboxylic acids is 1. The summed E-state index contributed by atoms with van der Waals surface area (Å²) in [6.45, 7) is 2.49. The molecule has 0 aromatic heterocycles. The maximum absolute atomic E-state index is 12.0. The van der Waals surface area contributed by atoms with Crippen molar-refractivity contribution in [3.63, 3.8) is 0 Å². The first-order valence-electron chi connectivity index (χ1n) is 7.54. The first kappa shape index (κ1) is 15.6. The number of amides is 3. The second-order valence-corrected chi connectivity index (χ2v) is 6.04. The van der Waals surface area contributed by atoms with Crippen LogP contribution in [0.2, 0.25) is 0 Å². The third kappa shape index (κ3) is 3.65. The van der Waals surface area contributed by atoms with Gasteiger partial charge in [-0.1, -0.05) is 13.3 Å². The normalized spacial score (nSPS) is 32.3. The lowest BCUT2D eigenvalue weighted by Crippen LogP contribution is -2.59. The Kier molecular flexibility index (Phi) is 4.69. The van der Waals surface area contributed by atoms with Crippen LogP contribution in [0.4, 0.5) is 4.79 Å². The van der Waals surface area contributed by atoms with E-state index in [-0.39, 0.29) is 18.4 Å². The summed E-state index contributed by atoms with van der Waals surface area (Å²) in [6.07, 6.45) is 3.81. The first-order chi connectivity index (χ1) is 9.95. The average Bonchev–Trinajstić information content (AvgIpc) is 2.84. The Labute approximate surface area is 123 Å². The maximum Gasteiger partial charge on any atom is 0.329 e. The number of carboxylic acid groups (broad SMARTS) is 1. The van der Waals surface area contributed by atoms with Gasteiger partial charge in [-0.15, -0.1) is 0 Å². The van der Waals surface area contributed by atoms with Crippen molar-refractivity contribution in [1.82, 2.24) is 16.0 Å². The molecule has 1 saturated carbocycles. The summed E-state index contributed by atoms with van der Waals surface area (Å²) in [7, 11) is 0. The van der Waals surface area contributed by atoms with Crippen LogP contribution in [0.5, 0.6) is 0 Å². The molecule has 1 saturated heterocycles. The molecule has 0 aromatic carbocycles. The predicted octanol–water partition coefficient (Wildman–Crippen LogP) is 0.598. The van der Waals surface area contributed by atoms with Gasteiger partial charge < -0.3 is 21.1 Å². The number of urea groups is 1. The second-order valence-electron chi connectivity index (χ2n) is 6.04. The number of hydrogen-bond donors (Lipinski definition) is 4. The van der Waals surface area contributed by atoms with E-state index in [2.05, 4.69) is 22.9 Å². The molecule has 1 aliphatic heterocycles. The summed E-state index contributed by atoms with van der Waals surface area (Å²) in [5.74, 6) is -0.538. The Morgan fingerprint density at radius 2 is 2.05 bits per heavy atom. The quantitative estimate of drug-likeness (QED) is 0.609. The van der Waals surface area contributed by atoms with Gasteiger partial charge in [0.05, 0.1) is 6.04 Å². The Bertz CT molecular complexity index is 430. The van der Waals surface area contributed by atoms with Crippen molar-refractivity contribution in [1.29, 1.82) is 0 Å². The van der Waals surface area contributed by atoms with Crippen molar-refractivity contribution in [2.75, 3.05) is 6.54 Å². The molecule has 4 N–H and O–H groups in total. The lowest BCUT2D eigenvalue weighted by molar-refractivity contribution is -0.146. The van der Waals surface area contributed by atoms with E-state index in [0.717, 1.165) is 19.3 Å². The number of hydrogen-bond acceptors (Lipinski definition) is 3. The van der Waals surface area contributed by atoms with Crippen molar-refractivity contribution in [3.8, 4) is 0 Å². The van der Waals surface area contributed by atoms with Crippen molar-refractivity contribution < 1.29 is 19.5 Å². The third-order valence-electron chi connectivity index (χ3n) is 4.61. The van der Waals surface area contributed by atoms with Crippen LogP contribution in [-0.4, -0.2) is 41.1 Å². The molecule has 2 aliphatic rings. The highest BCUT2D eigenvalue weighted by molar-refractivity contribution is 5.87. The molecule has 21 heavy (non-hydrogen) atoms. The summed E-state index contributed by atoms with van der Waals surface area (Å²) >= 11 is 0. The van der Waals surface area contributed by atoms with Crippen molar-refractivity contribution in [3.05, 3.63) is 0 Å². The molecule has 0 spiro atoms. The van der Waals surface area contributed by atoms with Crippen LogP contribution in [0.1, 0.15) is 45.4 Å². The fraction of sp³-hybridized carbons (Fsp3) is 0.786. The highest BCUT2D eigenvalue weighted by Crippen LogP contribution is 2.34. The minimum absolute atomic E-state index is 0.100. The van der Waals surface area contributed by atoms with Crippen LogP contribution in [0, 0.1) is 5.92 Å². The zero-order valence-corrected chi connectivity index (χ0v) is 12.3. The van der Waals surface area contributed by atoms with Crippen LogP contribution >= 0.6 is 0 Å². The summed E-state index contributed by atoms with van der Waals surface area (Å²) in [6, 6.07) is -0.774. The van der Waals surface area contributed by atoms with E-state index in [4.69, 9.17) is 0 Å². The Morgan fingerprint density at radius 3 is 2.52 bits per heavy atom. The average molecular weight is 297 g/mol. The van der Waals surface area contributed by atoms with Gasteiger partial charge >= 0.3 is 12.0 Å². The van der Waals surface area contributed by atoms with Crippen LogP contribution in [-0.2, 0) is 9.59 Å². The largest absolute Gasteiger partial charge is 0.480 e. The second kappa shape index (κ2) is 6.32. The van der Waals surface area contributed by atoms with Crippen molar-refractivity contribution in [2.24, 2.45) is 5.92 Å². The zero-order chi connectivity index (χ0) is 15.5. The van der Waals surface area contributed by atoms with Gasteiger partial charge in [0.25, 0.3) is 0 Å². The van der Waals surface area contributed by atoms with Gasteiger partial charge in [-0.25, -0.2) is 9.59 Å². The molecular formula is C14H23N3O4. The number of nitrogens with one attached hydrogen (secondary N) is 3. The van der Waals surface area contributed by atoms with Gasteiger partial charge in [-0.3, -0.25) is 4.79 Å². The number of aliphatic carboxylic acids is 1. The summed E-state index contributed by atoms with van der Waals surface area (Å²) in [5, 5.41) is 17.4. The third-order valence-corrected chi connectivity index (χ3v) is 4.61. The molecule has 2 rings (SSSR count). The van der Waals surface area contributed by atoms with Crippen LogP contribution in [0.15, 0.2) is 0 Å². The van der Waals surface area contributed by atoms with Crippen LogP contribution < -0.4 is 16.0 Å². The lowest BCUT2D eigenvalue weighted by Gasteiger charge is -2.37. The highest BCUT2D eigenvalue weighted by Gasteiger charge is 2.43. The minimum Gasteiger partial charge on any atom is -0.480 e. The molecule has 7 nitrogen and oxygen atoms in total. The van der Waals surface area contributed by atoms with E-state index in [1.807, 2.05) is 0 Å². The zero-order valence-electron chi connectivity index (χ0n) is 12.3. The van der Waals surface area contributed by atoms with Gasteiger partial charge in [0, 0.05) is 13.0 Å². The van der Waals surface area contributed by atoms with E-state index < -0.39 is 17.5 Å². The first-order valence-corrected chi connectivity index (χ1v) is 7.54. The minimum atomic E-state index is -1.17. The van der Waals surface area contributed by atoms with E-state index in [1.165, 1.54) is 0 Å². The smallest absolute Gasteiger partial charge is 0.329 e. The molecule has 3 amide bonds. The van der Waals surface area contributed by atoms with Gasteiger partial charge in [0.1, 0.15) is 5.54 Å². The summed E-state index contributed by atoms with van der Waals surface area (Å²) in [5.41, 5.74) is -1.17. The topological polar surface area (TPSA) is 108 Å². The van der Waals surface area contributed by atoms with E-state index >= 15 is 0 Å². The fourth-order valence-corrected chi connectivity index (χ4v) is 3.12. The highest BCUT2D eigenvalue weighted by atomic mass is 16.4. The lowest BCUT2D eigenvalue weighted by atomic mass is 9.75. The fourth-order valence-electron chi connectivity index (χ4n) is 3.12. The molecule has 2 fully saturated rings. The molecule has 1 heterocycles. The number of rotatable bonds is 4. The van der Waals surface area contributed by atoms with E-state index in [0.29, 0.717) is 25.3 Å². The van der Waals surface area contributed by atoms with Crippen molar-refractivity contribution in [2.45, 2.75) is 57.0 Å². The molecule has 1 aliphatic carbocycles. The molecule has 0 aromatic rings. The Balaban J connectivity index is 1.92.